The van der Waals surface area contributed by atoms with Crippen LogP contribution in [0.3, 0.4) is 0 Å². The fourth-order valence-corrected chi connectivity index (χ4v) is 0.715. The molecule has 0 unspecified atom stereocenters. The highest BCUT2D eigenvalue weighted by Crippen LogP contribution is 2.03. The van der Waals surface area contributed by atoms with Gasteiger partial charge in [0, 0.05) is 5.38 Å². The van der Waals surface area contributed by atoms with Crippen molar-refractivity contribution in [2.75, 3.05) is 0 Å². The first-order valence-electron chi connectivity index (χ1n) is 2.71. The van der Waals surface area contributed by atoms with E-state index in [1.165, 1.54) is 6.07 Å². The third-order valence-corrected chi connectivity index (χ3v) is 1.15. The minimum atomic E-state index is -0.337. The monoisotopic (exact) mass is 154 g/mol. The van der Waals surface area contributed by atoms with Crippen LogP contribution < -0.4 is 0 Å². The average molecular weight is 155 g/mol. The van der Waals surface area contributed by atoms with Gasteiger partial charge in [-0.3, -0.25) is 0 Å². The third kappa shape index (κ3) is 1.49. The number of hydrogen-bond acceptors (Lipinski definition) is 0. The topological polar surface area (TPSA) is 0 Å². The van der Waals surface area contributed by atoms with Crippen molar-refractivity contribution in [1.29, 1.82) is 0 Å². The van der Waals surface area contributed by atoms with E-state index in [-0.39, 0.29) is 5.82 Å². The maximum atomic E-state index is 12.6. The van der Waals surface area contributed by atoms with E-state index in [1.54, 1.807) is 18.2 Å². The highest BCUT2D eigenvalue weighted by atomic mass is 35.5. The lowest BCUT2D eigenvalue weighted by molar-refractivity contribution is 0.624. The molecular weight excluding hydrogens is 151 g/mol. The van der Waals surface area contributed by atoms with Gasteiger partial charge in [0.25, 0.3) is 0 Å². The Morgan fingerprint density at radius 2 is 2.00 bits per heavy atom. The predicted molar refractivity (Wildman–Crippen MR) is 39.1 cm³/mol. The summed E-state index contributed by atoms with van der Waals surface area (Å²) in [4.78, 5) is 0. The molecular formula is C8H4ClF. The Morgan fingerprint density at radius 1 is 1.30 bits per heavy atom. The van der Waals surface area contributed by atoms with Crippen molar-refractivity contribution in [2.24, 2.45) is 0 Å². The van der Waals surface area contributed by atoms with Gasteiger partial charge in [0.1, 0.15) is 5.82 Å². The lowest BCUT2D eigenvalue weighted by Gasteiger charge is -1.89. The summed E-state index contributed by atoms with van der Waals surface area (Å²) < 4.78 is 12.6. The molecule has 0 saturated heterocycles. The summed E-state index contributed by atoms with van der Waals surface area (Å²) in [6, 6.07) is 6.23. The minimum Gasteiger partial charge on any atom is -0.206 e. The molecule has 10 heavy (non-hydrogen) atoms. The molecule has 1 rings (SSSR count). The van der Waals surface area contributed by atoms with Gasteiger partial charge in [-0.1, -0.05) is 12.1 Å². The number of benzene rings is 1. The molecule has 0 aliphatic carbocycles. The standard InChI is InChI=1S/C8H4ClF/c9-6-5-7-3-1-2-4-8(7)10/h1-4H. The van der Waals surface area contributed by atoms with Gasteiger partial charge in [0.2, 0.25) is 0 Å². The predicted octanol–water partition coefficient (Wildman–Crippen LogP) is 2.37. The van der Waals surface area contributed by atoms with E-state index in [1.807, 2.05) is 0 Å². The van der Waals surface area contributed by atoms with Crippen LogP contribution in [0.15, 0.2) is 24.3 Å². The van der Waals surface area contributed by atoms with Crippen LogP contribution in [0, 0.1) is 17.1 Å². The molecule has 50 valence electrons. The second kappa shape index (κ2) is 3.24. The zero-order valence-electron chi connectivity index (χ0n) is 5.07. The van der Waals surface area contributed by atoms with Crippen LogP contribution in [-0.4, -0.2) is 0 Å². The molecule has 1 aromatic rings. The van der Waals surface area contributed by atoms with E-state index >= 15 is 0 Å². The first-order valence-corrected chi connectivity index (χ1v) is 3.08. The van der Waals surface area contributed by atoms with E-state index in [0.717, 1.165) is 0 Å². The second-order valence-corrected chi connectivity index (χ2v) is 1.89. The number of hydrogen-bond donors (Lipinski definition) is 0. The molecule has 0 N–H and O–H groups in total. The van der Waals surface area contributed by atoms with Gasteiger partial charge in [-0.15, -0.1) is 0 Å². The molecule has 0 radical (unpaired) electrons. The molecule has 0 spiro atoms. The van der Waals surface area contributed by atoms with Gasteiger partial charge >= 0.3 is 0 Å². The van der Waals surface area contributed by atoms with E-state index in [9.17, 15) is 4.39 Å². The third-order valence-electron chi connectivity index (χ3n) is 1.06. The van der Waals surface area contributed by atoms with Crippen LogP contribution in [0.2, 0.25) is 0 Å². The first-order chi connectivity index (χ1) is 4.84. The van der Waals surface area contributed by atoms with Gasteiger partial charge in [-0.2, -0.15) is 0 Å². The Morgan fingerprint density at radius 3 is 2.60 bits per heavy atom. The highest BCUT2D eigenvalue weighted by molar-refractivity contribution is 6.30. The summed E-state index contributed by atoms with van der Waals surface area (Å²) >= 11 is 5.08. The van der Waals surface area contributed by atoms with Crippen LogP contribution >= 0.6 is 11.6 Å². The zero-order chi connectivity index (χ0) is 7.40. The lowest BCUT2D eigenvalue weighted by Crippen LogP contribution is -1.79. The van der Waals surface area contributed by atoms with Gasteiger partial charge in [-0.25, -0.2) is 4.39 Å². The van der Waals surface area contributed by atoms with Crippen LogP contribution in [-0.2, 0) is 0 Å². The first kappa shape index (κ1) is 7.11. The van der Waals surface area contributed by atoms with Crippen LogP contribution in [0.5, 0.6) is 0 Å². The summed E-state index contributed by atoms with van der Waals surface area (Å²) in [5.41, 5.74) is 0.331. The van der Waals surface area contributed by atoms with E-state index in [0.29, 0.717) is 5.56 Å². The molecule has 0 aliphatic heterocycles. The molecule has 0 amide bonds. The summed E-state index contributed by atoms with van der Waals surface area (Å²) in [5.74, 6) is 2.08. The van der Waals surface area contributed by atoms with Crippen molar-refractivity contribution >= 4 is 11.6 Å². The largest absolute Gasteiger partial charge is 0.206 e. The second-order valence-electron chi connectivity index (χ2n) is 1.70. The summed E-state index contributed by atoms with van der Waals surface area (Å²) in [5, 5.41) is 2.11. The Bertz CT molecular complexity index is 283. The molecule has 0 bridgehead atoms. The van der Waals surface area contributed by atoms with E-state index < -0.39 is 0 Å². The fourth-order valence-electron chi connectivity index (χ4n) is 0.613. The molecule has 0 heterocycles. The van der Waals surface area contributed by atoms with Crippen LogP contribution in [0.4, 0.5) is 4.39 Å². The Hall–Kier alpha value is -1.00. The van der Waals surface area contributed by atoms with Crippen molar-refractivity contribution in [1.82, 2.24) is 0 Å². The van der Waals surface area contributed by atoms with Crippen molar-refractivity contribution in [3.8, 4) is 11.3 Å². The normalized spacial score (nSPS) is 8.20. The van der Waals surface area contributed by atoms with Crippen LogP contribution in [0.25, 0.3) is 0 Å². The Labute approximate surface area is 63.6 Å². The quantitative estimate of drug-likeness (QED) is 0.504. The summed E-state index contributed by atoms with van der Waals surface area (Å²) in [6.07, 6.45) is 0. The smallest absolute Gasteiger partial charge is 0.138 e. The summed E-state index contributed by atoms with van der Waals surface area (Å²) in [7, 11) is 0. The summed E-state index contributed by atoms with van der Waals surface area (Å²) in [6.45, 7) is 0. The minimum absolute atomic E-state index is 0.331. The van der Waals surface area contributed by atoms with Crippen molar-refractivity contribution in [3.05, 3.63) is 35.6 Å². The Balaban J connectivity index is 3.11. The van der Waals surface area contributed by atoms with Crippen LogP contribution in [0.1, 0.15) is 5.56 Å². The number of halogens is 2. The molecule has 0 saturated carbocycles. The van der Waals surface area contributed by atoms with Gasteiger partial charge < -0.3 is 0 Å². The van der Waals surface area contributed by atoms with Gasteiger partial charge in [-0.05, 0) is 29.7 Å². The van der Waals surface area contributed by atoms with Gasteiger partial charge in [0.15, 0.2) is 0 Å². The molecule has 0 nitrogen and oxygen atoms in total. The van der Waals surface area contributed by atoms with Gasteiger partial charge in [0.05, 0.1) is 5.56 Å². The number of rotatable bonds is 0. The van der Waals surface area contributed by atoms with Crippen molar-refractivity contribution in [2.45, 2.75) is 0 Å². The molecule has 2 heteroatoms. The van der Waals surface area contributed by atoms with Crippen molar-refractivity contribution < 1.29 is 4.39 Å². The maximum Gasteiger partial charge on any atom is 0.138 e. The molecule has 0 aliphatic rings. The highest BCUT2D eigenvalue weighted by Gasteiger charge is 1.93. The molecule has 1 aromatic carbocycles. The maximum absolute atomic E-state index is 12.6. The molecule has 0 fully saturated rings. The van der Waals surface area contributed by atoms with E-state index in [2.05, 4.69) is 11.3 Å². The Kier molecular flexibility index (Phi) is 2.30. The lowest BCUT2D eigenvalue weighted by atomic mass is 10.2. The van der Waals surface area contributed by atoms with E-state index in [4.69, 9.17) is 11.6 Å². The SMILES string of the molecule is Fc1ccccc1C#CCl. The zero-order valence-corrected chi connectivity index (χ0v) is 5.82. The molecule has 0 atom stereocenters. The fraction of sp³-hybridized carbons (Fsp3) is 0. The average Bonchev–Trinajstić information content (AvgIpc) is 1.94. The molecule has 0 aromatic heterocycles. The van der Waals surface area contributed by atoms with Crippen molar-refractivity contribution in [3.63, 3.8) is 0 Å².